The van der Waals surface area contributed by atoms with Gasteiger partial charge in [0.2, 0.25) is 10.0 Å². The zero-order valence-corrected chi connectivity index (χ0v) is 24.2. The molecule has 1 aromatic heterocycles. The number of nitrogens with zero attached hydrogens (tertiary/aromatic N) is 1. The predicted octanol–water partition coefficient (Wildman–Crippen LogP) is 4.50. The fourth-order valence-electron chi connectivity index (χ4n) is 3.83. The second kappa shape index (κ2) is 13.8. The van der Waals surface area contributed by atoms with Crippen molar-refractivity contribution in [2.24, 2.45) is 0 Å². The highest BCUT2D eigenvalue weighted by Crippen LogP contribution is 2.36. The number of H-pyrrole nitrogens is 1. The van der Waals surface area contributed by atoms with E-state index in [-0.39, 0.29) is 44.8 Å². The van der Waals surface area contributed by atoms with Crippen LogP contribution in [0.1, 0.15) is 27.6 Å². The summed E-state index contributed by atoms with van der Waals surface area (Å²) in [6.45, 7) is -3.94. The van der Waals surface area contributed by atoms with Crippen LogP contribution in [0.5, 0.6) is 11.5 Å². The molecule has 0 spiro atoms. The molecule has 1 heterocycles. The van der Waals surface area contributed by atoms with Crippen molar-refractivity contribution >= 4 is 50.9 Å². The zero-order chi connectivity index (χ0) is 30.3. The first-order valence-electron chi connectivity index (χ1n) is 11.7. The molecule has 3 rings (SSSR count). The molecule has 220 valence electrons. The topological polar surface area (TPSA) is 123 Å². The lowest BCUT2D eigenvalue weighted by atomic mass is 10.0. The van der Waals surface area contributed by atoms with E-state index >= 15 is 0 Å². The third kappa shape index (κ3) is 8.18. The molecule has 0 aliphatic carbocycles. The van der Waals surface area contributed by atoms with Crippen molar-refractivity contribution in [2.45, 2.75) is 19.1 Å². The number of aromatic nitrogens is 1. The van der Waals surface area contributed by atoms with Gasteiger partial charge in [-0.2, -0.15) is 8.78 Å². The summed E-state index contributed by atoms with van der Waals surface area (Å²) < 4.78 is 71.9. The van der Waals surface area contributed by atoms with E-state index in [1.807, 2.05) is 0 Å². The second-order valence-corrected chi connectivity index (χ2v) is 11.1. The Bertz CT molecular complexity index is 1500. The quantitative estimate of drug-likeness (QED) is 0.267. The number of methoxy groups -OCH3 is 2. The summed E-state index contributed by atoms with van der Waals surface area (Å²) in [6.07, 6.45) is 2.53. The van der Waals surface area contributed by atoms with Crippen LogP contribution in [0.4, 0.5) is 14.5 Å². The van der Waals surface area contributed by atoms with E-state index in [4.69, 9.17) is 37.4 Å². The third-order valence-electron chi connectivity index (χ3n) is 5.69. The van der Waals surface area contributed by atoms with E-state index in [0.29, 0.717) is 9.87 Å². The summed E-state index contributed by atoms with van der Waals surface area (Å²) in [5, 5.41) is 0.431. The lowest BCUT2D eigenvalue weighted by Crippen LogP contribution is -2.37. The Balaban J connectivity index is 2.01. The van der Waals surface area contributed by atoms with Gasteiger partial charge < -0.3 is 18.9 Å². The molecule has 0 saturated heterocycles. The molecule has 0 unspecified atom stereocenters. The number of anilines is 1. The number of para-hydroxylation sites is 1. The number of nitrogens with one attached hydrogen (secondary N) is 1. The van der Waals surface area contributed by atoms with Crippen LogP contribution in [0.15, 0.2) is 54.9 Å². The number of benzene rings is 2. The summed E-state index contributed by atoms with van der Waals surface area (Å²) in [6, 6.07) is 9.58. The van der Waals surface area contributed by atoms with Crippen molar-refractivity contribution in [2.75, 3.05) is 31.3 Å². The van der Waals surface area contributed by atoms with Crippen molar-refractivity contribution < 1.29 is 50.7 Å². The van der Waals surface area contributed by atoms with E-state index < -0.39 is 41.2 Å². The summed E-state index contributed by atoms with van der Waals surface area (Å²) in [5.41, 5.74) is 0.462. The molecule has 1 atom stereocenters. The minimum atomic E-state index is -4.11. The fourth-order valence-corrected chi connectivity index (χ4v) is 5.22. The van der Waals surface area contributed by atoms with Gasteiger partial charge in [-0.05, 0) is 29.8 Å². The molecule has 0 aliphatic rings. The second-order valence-electron chi connectivity index (χ2n) is 8.38. The zero-order valence-electron chi connectivity index (χ0n) is 21.9. The standard InChI is InChI=1S/C26H24Cl2F2N2O8S/c1-37-23-10-15(8-9-21(23)40-26(29)30)22(11-17-18(27)12-31-13-19(17)28)39-24(33)14-32(41(3,35)36)20-7-5-4-6-16(20)25(34)38-2/h4-10,12-13,22,26H,11,14H2,1-3H3/p+1/t22-/m0/s1. The number of alkyl halides is 2. The molecule has 0 saturated carbocycles. The molecule has 41 heavy (non-hydrogen) atoms. The molecule has 15 heteroatoms. The maximum Gasteiger partial charge on any atom is 0.387 e. The summed E-state index contributed by atoms with van der Waals surface area (Å²) in [7, 11) is -1.74. The average molecular weight is 634 g/mol. The van der Waals surface area contributed by atoms with Gasteiger partial charge in [0.05, 0.1) is 31.7 Å². The number of hydrogen-bond acceptors (Lipinski definition) is 8. The van der Waals surface area contributed by atoms with E-state index in [1.165, 1.54) is 62.0 Å². The summed E-state index contributed by atoms with van der Waals surface area (Å²) in [4.78, 5) is 28.3. The highest BCUT2D eigenvalue weighted by molar-refractivity contribution is 7.92. The van der Waals surface area contributed by atoms with Gasteiger partial charge in [0.1, 0.15) is 22.7 Å². The Labute approximate surface area is 244 Å². The molecule has 1 N–H and O–H groups in total. The smallest absolute Gasteiger partial charge is 0.387 e. The van der Waals surface area contributed by atoms with E-state index in [0.717, 1.165) is 13.4 Å². The van der Waals surface area contributed by atoms with Gasteiger partial charge in [0, 0.05) is 12.0 Å². The van der Waals surface area contributed by atoms with Gasteiger partial charge in [0.25, 0.3) is 0 Å². The van der Waals surface area contributed by atoms with E-state index in [9.17, 15) is 26.8 Å². The largest absolute Gasteiger partial charge is 0.493 e. The van der Waals surface area contributed by atoms with Crippen LogP contribution in [0.2, 0.25) is 10.0 Å². The molecule has 0 radical (unpaired) electrons. The third-order valence-corrected chi connectivity index (χ3v) is 7.49. The van der Waals surface area contributed by atoms with Crippen molar-refractivity contribution in [3.05, 3.63) is 81.6 Å². The van der Waals surface area contributed by atoms with Crippen molar-refractivity contribution in [1.82, 2.24) is 0 Å². The van der Waals surface area contributed by atoms with Gasteiger partial charge in [-0.1, -0.05) is 41.4 Å². The number of pyridine rings is 1. The maximum atomic E-state index is 13.3. The molecule has 0 fully saturated rings. The van der Waals surface area contributed by atoms with Crippen LogP contribution in [0.3, 0.4) is 0 Å². The number of carbonyl (C=O) groups is 2. The first-order valence-corrected chi connectivity index (χ1v) is 14.3. The summed E-state index contributed by atoms with van der Waals surface area (Å²) in [5.74, 6) is -2.16. The minimum absolute atomic E-state index is 0.0767. The number of rotatable bonds is 12. The fraction of sp³-hybridized carbons (Fsp3) is 0.269. The molecule has 0 aliphatic heterocycles. The SMILES string of the molecule is COC(=O)c1ccccc1N(CC(=O)O[C@@H](Cc1c(Cl)c[nH+]cc1Cl)c1ccc(OC(F)F)c(OC)c1)S(C)(=O)=O. The van der Waals surface area contributed by atoms with E-state index in [1.54, 1.807) is 0 Å². The highest BCUT2D eigenvalue weighted by atomic mass is 35.5. The Morgan fingerprint density at radius 2 is 1.68 bits per heavy atom. The van der Waals surface area contributed by atoms with Crippen LogP contribution < -0.4 is 18.8 Å². The van der Waals surface area contributed by atoms with Crippen molar-refractivity contribution in [1.29, 1.82) is 0 Å². The molecule has 2 aromatic carbocycles. The monoisotopic (exact) mass is 633 g/mol. The number of carbonyl (C=O) groups excluding carboxylic acids is 2. The van der Waals surface area contributed by atoms with Gasteiger partial charge in [-0.25, -0.2) is 18.2 Å². The number of esters is 2. The lowest BCUT2D eigenvalue weighted by molar-refractivity contribution is -0.377. The van der Waals surface area contributed by atoms with Crippen LogP contribution in [-0.2, 0) is 30.7 Å². The van der Waals surface area contributed by atoms with Gasteiger partial charge >= 0.3 is 18.6 Å². The Morgan fingerprint density at radius 3 is 2.27 bits per heavy atom. The molecule has 0 amide bonds. The van der Waals surface area contributed by atoms with Gasteiger partial charge in [0.15, 0.2) is 23.9 Å². The molecule has 10 nitrogen and oxygen atoms in total. The number of aromatic amines is 1. The van der Waals surface area contributed by atoms with E-state index in [2.05, 4.69) is 9.72 Å². The molecule has 3 aromatic rings. The maximum absolute atomic E-state index is 13.3. The molecular formula is C26H25Cl2F2N2O8S+. The van der Waals surface area contributed by atoms with Crippen LogP contribution in [-0.4, -0.2) is 54.0 Å². The van der Waals surface area contributed by atoms with Crippen LogP contribution in [0.25, 0.3) is 0 Å². The molecule has 0 bridgehead atoms. The Morgan fingerprint density at radius 1 is 1.02 bits per heavy atom. The minimum Gasteiger partial charge on any atom is -0.493 e. The molecular weight excluding hydrogens is 609 g/mol. The van der Waals surface area contributed by atoms with Gasteiger partial charge in [-0.15, -0.1) is 0 Å². The number of halogens is 4. The first-order chi connectivity index (χ1) is 19.3. The van der Waals surface area contributed by atoms with Crippen LogP contribution >= 0.6 is 23.2 Å². The van der Waals surface area contributed by atoms with Gasteiger partial charge in [-0.3, -0.25) is 9.10 Å². The first kappa shape index (κ1) is 31.8. The Kier molecular flexibility index (Phi) is 10.7. The van der Waals surface area contributed by atoms with Crippen LogP contribution in [0, 0.1) is 0 Å². The highest BCUT2D eigenvalue weighted by Gasteiger charge is 2.29. The summed E-state index contributed by atoms with van der Waals surface area (Å²) >= 11 is 12.6. The predicted molar refractivity (Wildman–Crippen MR) is 145 cm³/mol. The number of hydrogen-bond donors (Lipinski definition) is 0. The average Bonchev–Trinajstić information content (AvgIpc) is 2.92. The van der Waals surface area contributed by atoms with Crippen molar-refractivity contribution in [3.8, 4) is 11.5 Å². The number of sulfonamides is 1. The lowest BCUT2D eigenvalue weighted by Gasteiger charge is -2.25. The Hall–Kier alpha value is -3.68. The van der Waals surface area contributed by atoms with Crippen molar-refractivity contribution in [3.63, 3.8) is 0 Å². The normalized spacial score (nSPS) is 12.0. The number of ether oxygens (including phenoxy) is 4.